The molecule has 0 bridgehead atoms. The van der Waals surface area contributed by atoms with E-state index in [-0.39, 0.29) is 5.57 Å². The molecule has 0 fully saturated rings. The van der Waals surface area contributed by atoms with Crippen LogP contribution in [0.1, 0.15) is 13.3 Å². The fourth-order valence-electron chi connectivity index (χ4n) is 0.366. The first-order chi connectivity index (χ1) is 7.95. The lowest BCUT2D eigenvalue weighted by molar-refractivity contribution is -0.133. The average molecular weight is 240 g/mol. The number of hydrogen-bond donors (Lipinski definition) is 3. The molecule has 1 heterocycles. The van der Waals surface area contributed by atoms with E-state index < -0.39 is 11.9 Å². The Morgan fingerprint density at radius 2 is 2.00 bits per heavy atom. The molecule has 0 spiro atoms. The molecular weight excluding hydrogens is 224 g/mol. The first-order valence-electron chi connectivity index (χ1n) is 4.64. The van der Waals surface area contributed by atoms with Crippen LogP contribution < -0.4 is 0 Å². The Morgan fingerprint density at radius 3 is 2.06 bits per heavy atom. The average Bonchev–Trinajstić information content (AvgIpc) is 2.87. The van der Waals surface area contributed by atoms with Crippen LogP contribution in [0.15, 0.2) is 43.5 Å². The first-order valence-corrected chi connectivity index (χ1v) is 4.64. The van der Waals surface area contributed by atoms with Crippen LogP contribution >= 0.6 is 0 Å². The number of carboxylic acids is 2. The minimum atomic E-state index is -0.981. The van der Waals surface area contributed by atoms with E-state index in [9.17, 15) is 9.59 Å². The molecule has 1 aromatic heterocycles. The Hall–Kier alpha value is -2.37. The van der Waals surface area contributed by atoms with Crippen LogP contribution in [0, 0.1) is 0 Å². The molecule has 0 saturated heterocycles. The molecule has 0 aliphatic carbocycles. The molecule has 0 aromatic carbocycles. The second kappa shape index (κ2) is 11.7. The van der Waals surface area contributed by atoms with Crippen LogP contribution in [0.5, 0.6) is 0 Å². The van der Waals surface area contributed by atoms with Crippen LogP contribution in [0.2, 0.25) is 0 Å². The molecule has 17 heavy (non-hydrogen) atoms. The summed E-state index contributed by atoms with van der Waals surface area (Å²) in [6, 6.07) is 0. The predicted molar refractivity (Wildman–Crippen MR) is 63.5 cm³/mol. The summed E-state index contributed by atoms with van der Waals surface area (Å²) in [5, 5.41) is 15.7. The highest BCUT2D eigenvalue weighted by Crippen LogP contribution is 1.93. The Bertz CT molecular complexity index is 327. The summed E-state index contributed by atoms with van der Waals surface area (Å²) in [6.45, 7) is 7.99. The van der Waals surface area contributed by atoms with Crippen molar-refractivity contribution >= 4 is 11.9 Å². The van der Waals surface area contributed by atoms with Crippen molar-refractivity contribution in [3.05, 3.63) is 43.5 Å². The second-order valence-corrected chi connectivity index (χ2v) is 2.57. The highest BCUT2D eigenvalue weighted by molar-refractivity contribution is 5.85. The summed E-state index contributed by atoms with van der Waals surface area (Å²) < 4.78 is 0. The van der Waals surface area contributed by atoms with Gasteiger partial charge in [-0.1, -0.05) is 20.1 Å². The van der Waals surface area contributed by atoms with Gasteiger partial charge in [0.05, 0.1) is 6.33 Å². The van der Waals surface area contributed by atoms with E-state index in [4.69, 9.17) is 10.2 Å². The van der Waals surface area contributed by atoms with Crippen LogP contribution in [-0.4, -0.2) is 32.1 Å². The molecule has 6 heteroatoms. The number of rotatable bonds is 3. The summed E-state index contributed by atoms with van der Waals surface area (Å²) in [6.07, 6.45) is 6.44. The summed E-state index contributed by atoms with van der Waals surface area (Å²) in [5.74, 6) is -1.88. The first kappa shape index (κ1) is 17.0. The van der Waals surface area contributed by atoms with Gasteiger partial charge in [-0.2, -0.15) is 0 Å². The number of nitrogens with zero attached hydrogens (tertiary/aromatic N) is 1. The lowest BCUT2D eigenvalue weighted by Gasteiger charge is -1.87. The summed E-state index contributed by atoms with van der Waals surface area (Å²) in [7, 11) is 0. The molecule has 94 valence electrons. The van der Waals surface area contributed by atoms with Crippen molar-refractivity contribution in [2.75, 3.05) is 0 Å². The van der Waals surface area contributed by atoms with Crippen molar-refractivity contribution in [2.45, 2.75) is 13.3 Å². The van der Waals surface area contributed by atoms with Crippen molar-refractivity contribution < 1.29 is 19.8 Å². The SMILES string of the molecule is C=C(CC)C(=O)O.C=CC(=O)O.c1c[nH]cn1. The molecular formula is C11H16N2O4. The Labute approximate surface area is 99.3 Å². The molecule has 0 saturated carbocycles. The number of aromatic nitrogens is 2. The minimum absolute atomic E-state index is 0.264. The lowest BCUT2D eigenvalue weighted by atomic mass is 10.2. The summed E-state index contributed by atoms with van der Waals surface area (Å²) in [5.41, 5.74) is 0.264. The van der Waals surface area contributed by atoms with Gasteiger partial charge in [0.15, 0.2) is 0 Å². The van der Waals surface area contributed by atoms with Crippen LogP contribution in [0.25, 0.3) is 0 Å². The van der Waals surface area contributed by atoms with Crippen LogP contribution in [0.4, 0.5) is 0 Å². The molecule has 6 nitrogen and oxygen atoms in total. The molecule has 1 aromatic rings. The number of nitrogens with one attached hydrogen (secondary N) is 1. The largest absolute Gasteiger partial charge is 0.478 e. The monoisotopic (exact) mass is 240 g/mol. The van der Waals surface area contributed by atoms with Gasteiger partial charge in [-0.25, -0.2) is 14.6 Å². The van der Waals surface area contributed by atoms with Crippen LogP contribution in [-0.2, 0) is 9.59 Å². The number of imidazole rings is 1. The number of carboxylic acid groups (broad SMARTS) is 2. The van der Waals surface area contributed by atoms with E-state index in [1.165, 1.54) is 0 Å². The quantitative estimate of drug-likeness (QED) is 0.698. The summed E-state index contributed by atoms with van der Waals surface area (Å²) >= 11 is 0. The second-order valence-electron chi connectivity index (χ2n) is 2.57. The predicted octanol–water partition coefficient (Wildman–Crippen LogP) is 1.70. The van der Waals surface area contributed by atoms with E-state index in [0.717, 1.165) is 6.08 Å². The molecule has 0 unspecified atom stereocenters. The third-order valence-corrected chi connectivity index (χ3v) is 1.31. The van der Waals surface area contributed by atoms with Crippen molar-refractivity contribution in [3.8, 4) is 0 Å². The van der Waals surface area contributed by atoms with Gasteiger partial charge in [-0.3, -0.25) is 0 Å². The molecule has 0 atom stereocenters. The fraction of sp³-hybridized carbons (Fsp3) is 0.182. The van der Waals surface area contributed by atoms with Gasteiger partial charge in [0.2, 0.25) is 0 Å². The van der Waals surface area contributed by atoms with Gasteiger partial charge in [-0.05, 0) is 6.42 Å². The zero-order valence-electron chi connectivity index (χ0n) is 9.59. The fourth-order valence-corrected chi connectivity index (χ4v) is 0.366. The van der Waals surface area contributed by atoms with Crippen molar-refractivity contribution in [1.82, 2.24) is 9.97 Å². The van der Waals surface area contributed by atoms with Crippen molar-refractivity contribution in [1.29, 1.82) is 0 Å². The van der Waals surface area contributed by atoms with Crippen LogP contribution in [0.3, 0.4) is 0 Å². The van der Waals surface area contributed by atoms with E-state index in [1.54, 1.807) is 25.6 Å². The number of hydrogen-bond acceptors (Lipinski definition) is 3. The number of carbonyl (C=O) groups is 2. The van der Waals surface area contributed by atoms with Gasteiger partial charge in [0.25, 0.3) is 0 Å². The van der Waals surface area contributed by atoms with E-state index in [1.807, 2.05) is 0 Å². The maximum Gasteiger partial charge on any atom is 0.330 e. The summed E-state index contributed by atoms with van der Waals surface area (Å²) in [4.78, 5) is 25.5. The van der Waals surface area contributed by atoms with Crippen molar-refractivity contribution in [3.63, 3.8) is 0 Å². The zero-order chi connectivity index (χ0) is 13.7. The Morgan fingerprint density at radius 1 is 1.47 bits per heavy atom. The number of aromatic amines is 1. The maximum absolute atomic E-state index is 9.83. The third-order valence-electron chi connectivity index (χ3n) is 1.31. The zero-order valence-corrected chi connectivity index (χ0v) is 9.59. The van der Waals surface area contributed by atoms with E-state index >= 15 is 0 Å². The molecule has 3 N–H and O–H groups in total. The third kappa shape index (κ3) is 16.3. The molecule has 0 amide bonds. The molecule has 0 aliphatic rings. The highest BCUT2D eigenvalue weighted by atomic mass is 16.4. The van der Waals surface area contributed by atoms with Gasteiger partial charge < -0.3 is 15.2 Å². The number of aliphatic carboxylic acids is 2. The van der Waals surface area contributed by atoms with Gasteiger partial charge in [-0.15, -0.1) is 0 Å². The van der Waals surface area contributed by atoms with Gasteiger partial charge in [0, 0.05) is 24.0 Å². The Balaban J connectivity index is 0. The van der Waals surface area contributed by atoms with Gasteiger partial charge >= 0.3 is 11.9 Å². The van der Waals surface area contributed by atoms with E-state index in [0.29, 0.717) is 6.42 Å². The standard InChI is InChI=1S/C5H8O2.C3H4N2.C3H4O2/c1-3-4(2)5(6)7;1-2-5-3-4-1;1-2-3(4)5/h2-3H2,1H3,(H,6,7);1-3H,(H,4,5);2H,1H2,(H,4,5). The topological polar surface area (TPSA) is 103 Å². The molecule has 1 rings (SSSR count). The molecule has 0 radical (unpaired) electrons. The smallest absolute Gasteiger partial charge is 0.330 e. The highest BCUT2D eigenvalue weighted by Gasteiger charge is 1.96. The van der Waals surface area contributed by atoms with Crippen molar-refractivity contribution in [2.24, 2.45) is 0 Å². The van der Waals surface area contributed by atoms with E-state index in [2.05, 4.69) is 23.1 Å². The lowest BCUT2D eigenvalue weighted by Crippen LogP contribution is -1.95. The normalized spacial score (nSPS) is 7.59. The molecule has 0 aliphatic heterocycles. The maximum atomic E-state index is 9.83. The minimum Gasteiger partial charge on any atom is -0.478 e. The van der Waals surface area contributed by atoms with Gasteiger partial charge in [0.1, 0.15) is 0 Å². The number of H-pyrrole nitrogens is 1. The Kier molecular flexibility index (Phi) is 11.7.